The van der Waals surface area contributed by atoms with Crippen molar-refractivity contribution in [1.29, 1.82) is 0 Å². The maximum absolute atomic E-state index is 14.2. The van der Waals surface area contributed by atoms with Gasteiger partial charge in [0.1, 0.15) is 11.6 Å². The highest BCUT2D eigenvalue weighted by Crippen LogP contribution is 2.39. The van der Waals surface area contributed by atoms with E-state index < -0.39 is 11.6 Å². The van der Waals surface area contributed by atoms with Gasteiger partial charge < -0.3 is 0 Å². The summed E-state index contributed by atoms with van der Waals surface area (Å²) in [7, 11) is 0. The molecule has 3 aromatic carbocycles. The van der Waals surface area contributed by atoms with E-state index in [1.807, 2.05) is 6.92 Å². The molecule has 0 aromatic heterocycles. The molecule has 0 bridgehead atoms. The lowest BCUT2D eigenvalue weighted by Gasteiger charge is -2.30. The molecule has 0 spiro atoms. The monoisotopic (exact) mass is 460 g/mol. The van der Waals surface area contributed by atoms with E-state index in [0.717, 1.165) is 24.3 Å². The first-order valence-electron chi connectivity index (χ1n) is 13.1. The van der Waals surface area contributed by atoms with E-state index in [9.17, 15) is 8.78 Å². The van der Waals surface area contributed by atoms with Gasteiger partial charge in [0.2, 0.25) is 0 Å². The highest BCUT2D eigenvalue weighted by atomic mass is 19.1. The zero-order valence-corrected chi connectivity index (χ0v) is 20.7. The van der Waals surface area contributed by atoms with Crippen LogP contribution in [-0.2, 0) is 19.3 Å². The Kier molecular flexibility index (Phi) is 8.53. The van der Waals surface area contributed by atoms with Crippen molar-refractivity contribution in [2.24, 2.45) is 5.92 Å². The zero-order chi connectivity index (χ0) is 23.9. The van der Waals surface area contributed by atoms with Crippen LogP contribution >= 0.6 is 0 Å². The summed E-state index contributed by atoms with van der Waals surface area (Å²) < 4.78 is 28.5. The second kappa shape index (κ2) is 11.8. The van der Waals surface area contributed by atoms with Crippen molar-refractivity contribution in [2.45, 2.75) is 83.5 Å². The molecule has 3 aromatic rings. The standard InChI is InChI=1S/C32H38F2/c1-3-7-30-31(33)21-26(22-32(30)34)11-10-24-12-16-28(17-13-24)29-18-14-25(15-19-29)20-23(2)27-8-5-4-6-9-27/h4-6,8-9,12-13,16-17,21-23,25,29H,3,7,10-11,14-15,18-20H2,1-2H3. The number of hydrogen-bond donors (Lipinski definition) is 0. The average molecular weight is 461 g/mol. The maximum Gasteiger partial charge on any atom is 0.129 e. The SMILES string of the molecule is CCCc1c(F)cc(CCc2ccc(C3CCC(CC(C)c4ccccc4)CC3)cc2)cc1F. The summed E-state index contributed by atoms with van der Waals surface area (Å²) in [6.45, 7) is 4.30. The molecular formula is C32H38F2. The van der Waals surface area contributed by atoms with Crippen LogP contribution in [0.1, 0.15) is 92.0 Å². The van der Waals surface area contributed by atoms with E-state index in [4.69, 9.17) is 0 Å². The maximum atomic E-state index is 14.2. The fraction of sp³-hybridized carbons (Fsp3) is 0.438. The van der Waals surface area contributed by atoms with Crippen LogP contribution < -0.4 is 0 Å². The van der Waals surface area contributed by atoms with Gasteiger partial charge in [0.15, 0.2) is 0 Å². The summed E-state index contributed by atoms with van der Waals surface area (Å²) in [6.07, 6.45) is 9.12. The predicted molar refractivity (Wildman–Crippen MR) is 138 cm³/mol. The van der Waals surface area contributed by atoms with Crippen LogP contribution in [0.2, 0.25) is 0 Å². The van der Waals surface area contributed by atoms with Gasteiger partial charge in [-0.1, -0.05) is 74.9 Å². The fourth-order valence-electron chi connectivity index (χ4n) is 5.68. The Morgan fingerprint density at radius 3 is 2.00 bits per heavy atom. The molecule has 1 aliphatic rings. The van der Waals surface area contributed by atoms with Gasteiger partial charge in [0, 0.05) is 5.56 Å². The first-order valence-corrected chi connectivity index (χ1v) is 13.1. The smallest absolute Gasteiger partial charge is 0.129 e. The van der Waals surface area contributed by atoms with Crippen molar-refractivity contribution in [3.63, 3.8) is 0 Å². The second-order valence-electron chi connectivity index (χ2n) is 10.3. The number of aryl methyl sites for hydroxylation is 2. The first kappa shape index (κ1) is 24.6. The quantitative estimate of drug-likeness (QED) is 0.298. The molecule has 4 rings (SSSR count). The molecule has 1 aliphatic carbocycles. The Morgan fingerprint density at radius 1 is 0.765 bits per heavy atom. The van der Waals surface area contributed by atoms with Crippen LogP contribution in [0.25, 0.3) is 0 Å². The van der Waals surface area contributed by atoms with Crippen LogP contribution in [0.15, 0.2) is 66.7 Å². The van der Waals surface area contributed by atoms with Gasteiger partial charge >= 0.3 is 0 Å². The van der Waals surface area contributed by atoms with Gasteiger partial charge in [0.05, 0.1) is 0 Å². The van der Waals surface area contributed by atoms with Crippen molar-refractivity contribution in [2.75, 3.05) is 0 Å². The minimum absolute atomic E-state index is 0.222. The first-order chi connectivity index (χ1) is 16.5. The molecule has 2 heteroatoms. The van der Waals surface area contributed by atoms with Crippen molar-refractivity contribution in [3.05, 3.63) is 106 Å². The Hall–Kier alpha value is -2.48. The lowest BCUT2D eigenvalue weighted by molar-refractivity contribution is 0.297. The van der Waals surface area contributed by atoms with Gasteiger partial charge in [-0.15, -0.1) is 0 Å². The van der Waals surface area contributed by atoms with Gasteiger partial charge in [0.25, 0.3) is 0 Å². The van der Waals surface area contributed by atoms with E-state index in [1.165, 1.54) is 60.9 Å². The van der Waals surface area contributed by atoms with Gasteiger partial charge in [-0.3, -0.25) is 0 Å². The molecule has 0 radical (unpaired) electrons. The lowest BCUT2D eigenvalue weighted by Crippen LogP contribution is -2.15. The fourth-order valence-corrected chi connectivity index (χ4v) is 5.68. The molecule has 0 amide bonds. The Labute approximate surface area is 204 Å². The number of halogens is 2. The molecule has 0 nitrogen and oxygen atoms in total. The predicted octanol–water partition coefficient (Wildman–Crippen LogP) is 9.17. The van der Waals surface area contributed by atoms with Crippen LogP contribution in [-0.4, -0.2) is 0 Å². The molecule has 0 heterocycles. The summed E-state index contributed by atoms with van der Waals surface area (Å²) in [5.74, 6) is 1.32. The topological polar surface area (TPSA) is 0 Å². The lowest BCUT2D eigenvalue weighted by atomic mass is 9.75. The number of benzene rings is 3. The molecule has 1 saturated carbocycles. The molecule has 1 fully saturated rings. The Bertz CT molecular complexity index is 1010. The van der Waals surface area contributed by atoms with Gasteiger partial charge in [-0.25, -0.2) is 8.78 Å². The zero-order valence-electron chi connectivity index (χ0n) is 20.7. The third-order valence-electron chi connectivity index (χ3n) is 7.76. The molecule has 0 N–H and O–H groups in total. The van der Waals surface area contributed by atoms with Crippen LogP contribution in [0.3, 0.4) is 0 Å². The van der Waals surface area contributed by atoms with E-state index in [-0.39, 0.29) is 5.56 Å². The van der Waals surface area contributed by atoms with Crippen molar-refractivity contribution < 1.29 is 8.78 Å². The molecule has 0 saturated heterocycles. The average Bonchev–Trinajstić information content (AvgIpc) is 2.86. The van der Waals surface area contributed by atoms with E-state index in [1.54, 1.807) is 0 Å². The van der Waals surface area contributed by atoms with Gasteiger partial charge in [-0.05, 0) is 104 Å². The van der Waals surface area contributed by atoms with Crippen molar-refractivity contribution >= 4 is 0 Å². The molecule has 34 heavy (non-hydrogen) atoms. The Morgan fingerprint density at radius 2 is 1.38 bits per heavy atom. The van der Waals surface area contributed by atoms with Crippen LogP contribution in [0, 0.1) is 17.6 Å². The molecule has 0 aliphatic heterocycles. The normalized spacial score (nSPS) is 19.2. The van der Waals surface area contributed by atoms with Crippen LogP contribution in [0.4, 0.5) is 8.78 Å². The molecule has 1 unspecified atom stereocenters. The summed E-state index contributed by atoms with van der Waals surface area (Å²) in [4.78, 5) is 0. The number of rotatable bonds is 9. The summed E-state index contributed by atoms with van der Waals surface area (Å²) in [5.41, 5.74) is 5.09. The van der Waals surface area contributed by atoms with E-state index in [0.29, 0.717) is 24.7 Å². The third kappa shape index (κ3) is 6.34. The second-order valence-corrected chi connectivity index (χ2v) is 10.3. The third-order valence-corrected chi connectivity index (χ3v) is 7.76. The highest BCUT2D eigenvalue weighted by molar-refractivity contribution is 5.29. The van der Waals surface area contributed by atoms with Crippen LogP contribution in [0.5, 0.6) is 0 Å². The summed E-state index contributed by atoms with van der Waals surface area (Å²) in [6, 6.07) is 22.9. The summed E-state index contributed by atoms with van der Waals surface area (Å²) >= 11 is 0. The minimum Gasteiger partial charge on any atom is -0.207 e. The largest absolute Gasteiger partial charge is 0.207 e. The minimum atomic E-state index is -0.402. The highest BCUT2D eigenvalue weighted by Gasteiger charge is 2.24. The Balaban J connectivity index is 1.26. The molecular weight excluding hydrogens is 422 g/mol. The molecule has 1 atom stereocenters. The molecule has 180 valence electrons. The summed E-state index contributed by atoms with van der Waals surface area (Å²) in [5, 5.41) is 0. The van der Waals surface area contributed by atoms with Gasteiger partial charge in [-0.2, -0.15) is 0 Å². The number of hydrogen-bond acceptors (Lipinski definition) is 0. The van der Waals surface area contributed by atoms with E-state index >= 15 is 0 Å². The van der Waals surface area contributed by atoms with Crippen molar-refractivity contribution in [1.82, 2.24) is 0 Å². The van der Waals surface area contributed by atoms with E-state index in [2.05, 4.69) is 61.5 Å². The van der Waals surface area contributed by atoms with Crippen molar-refractivity contribution in [3.8, 4) is 0 Å².